The van der Waals surface area contributed by atoms with Crippen LogP contribution in [-0.4, -0.2) is 24.1 Å². The van der Waals surface area contributed by atoms with Crippen molar-refractivity contribution in [3.8, 4) is 0 Å². The fourth-order valence-corrected chi connectivity index (χ4v) is 3.44. The van der Waals surface area contributed by atoms with E-state index in [0.717, 1.165) is 18.9 Å². The zero-order valence-electron chi connectivity index (χ0n) is 14.1. The monoisotopic (exact) mass is 289 g/mol. The average Bonchev–Trinajstić information content (AvgIpc) is 2.48. The summed E-state index contributed by atoms with van der Waals surface area (Å²) in [6, 6.07) is 4.97. The molecule has 0 spiro atoms. The van der Waals surface area contributed by atoms with E-state index in [1.807, 2.05) is 6.20 Å². The Morgan fingerprint density at radius 3 is 2.48 bits per heavy atom. The Balaban J connectivity index is 2.20. The van der Waals surface area contributed by atoms with Crippen LogP contribution in [0.4, 0.5) is 5.82 Å². The molecule has 1 aromatic rings. The van der Waals surface area contributed by atoms with Crippen LogP contribution in [0.5, 0.6) is 0 Å². The van der Waals surface area contributed by atoms with Crippen LogP contribution in [0.25, 0.3) is 0 Å². The molecule has 0 saturated heterocycles. The van der Waals surface area contributed by atoms with Crippen molar-refractivity contribution < 1.29 is 0 Å². The summed E-state index contributed by atoms with van der Waals surface area (Å²) in [4.78, 5) is 7.21. The van der Waals surface area contributed by atoms with Crippen LogP contribution >= 0.6 is 0 Å². The van der Waals surface area contributed by atoms with Crippen molar-refractivity contribution in [1.29, 1.82) is 0 Å². The number of hydrogen-bond donors (Lipinski definition) is 1. The van der Waals surface area contributed by atoms with E-state index in [2.05, 4.69) is 44.7 Å². The van der Waals surface area contributed by atoms with Crippen LogP contribution in [0.15, 0.2) is 18.3 Å². The van der Waals surface area contributed by atoms with Crippen LogP contribution in [0.2, 0.25) is 0 Å². The largest absolute Gasteiger partial charge is 0.354 e. The maximum absolute atomic E-state index is 6.00. The van der Waals surface area contributed by atoms with E-state index in [9.17, 15) is 0 Å². The molecule has 1 aliphatic carbocycles. The van der Waals surface area contributed by atoms with Crippen molar-refractivity contribution >= 4 is 5.82 Å². The minimum absolute atomic E-state index is 0.160. The predicted octanol–water partition coefficient (Wildman–Crippen LogP) is 3.72. The van der Waals surface area contributed by atoms with Gasteiger partial charge in [-0.15, -0.1) is 0 Å². The molecule has 1 aromatic heterocycles. The van der Waals surface area contributed by atoms with Gasteiger partial charge in [0.2, 0.25) is 0 Å². The molecule has 1 saturated carbocycles. The standard InChI is InChI=1S/C18H31N3/c1-5-21(16-9-7-6-8-14(16)12-19)17-11-10-15(13-20-17)18(2,3)4/h10-11,13-14,16H,5-9,12,19H2,1-4H3. The van der Waals surface area contributed by atoms with Crippen LogP contribution in [0.1, 0.15) is 58.9 Å². The summed E-state index contributed by atoms with van der Waals surface area (Å²) in [5.41, 5.74) is 7.45. The summed E-state index contributed by atoms with van der Waals surface area (Å²) in [6.07, 6.45) is 7.19. The summed E-state index contributed by atoms with van der Waals surface area (Å²) in [5, 5.41) is 0. The van der Waals surface area contributed by atoms with Gasteiger partial charge in [-0.25, -0.2) is 4.98 Å². The van der Waals surface area contributed by atoms with E-state index in [1.54, 1.807) is 0 Å². The first-order valence-electron chi connectivity index (χ1n) is 8.40. The molecule has 1 fully saturated rings. The van der Waals surface area contributed by atoms with Crippen molar-refractivity contribution in [2.24, 2.45) is 11.7 Å². The third kappa shape index (κ3) is 3.76. The minimum atomic E-state index is 0.160. The Kier molecular flexibility index (Phi) is 5.26. The summed E-state index contributed by atoms with van der Waals surface area (Å²) in [6.45, 7) is 10.7. The zero-order chi connectivity index (χ0) is 15.5. The lowest BCUT2D eigenvalue weighted by Crippen LogP contribution is -2.45. The molecule has 3 nitrogen and oxygen atoms in total. The minimum Gasteiger partial charge on any atom is -0.354 e. The van der Waals surface area contributed by atoms with Crippen molar-refractivity contribution in [3.05, 3.63) is 23.9 Å². The summed E-state index contributed by atoms with van der Waals surface area (Å²) < 4.78 is 0. The number of aromatic nitrogens is 1. The highest BCUT2D eigenvalue weighted by Gasteiger charge is 2.29. The molecule has 3 heteroatoms. The lowest BCUT2D eigenvalue weighted by molar-refractivity contribution is 0.299. The van der Waals surface area contributed by atoms with Gasteiger partial charge in [-0.1, -0.05) is 39.7 Å². The molecule has 0 radical (unpaired) electrons. The molecular weight excluding hydrogens is 258 g/mol. The molecule has 2 N–H and O–H groups in total. The molecule has 1 heterocycles. The second kappa shape index (κ2) is 6.78. The number of anilines is 1. The normalized spacial score (nSPS) is 23.1. The molecule has 2 atom stereocenters. The highest BCUT2D eigenvalue weighted by molar-refractivity contribution is 5.42. The Labute approximate surface area is 129 Å². The Hall–Kier alpha value is -1.09. The topological polar surface area (TPSA) is 42.2 Å². The number of rotatable bonds is 4. The van der Waals surface area contributed by atoms with E-state index in [1.165, 1.54) is 31.2 Å². The van der Waals surface area contributed by atoms with Gasteiger partial charge >= 0.3 is 0 Å². The zero-order valence-corrected chi connectivity index (χ0v) is 14.1. The first kappa shape index (κ1) is 16.3. The Bertz CT molecular complexity index is 433. The van der Waals surface area contributed by atoms with Gasteiger partial charge < -0.3 is 10.6 Å². The average molecular weight is 289 g/mol. The molecule has 2 rings (SSSR count). The fraction of sp³-hybridized carbons (Fsp3) is 0.722. The van der Waals surface area contributed by atoms with Gasteiger partial charge in [0.15, 0.2) is 0 Å². The van der Waals surface area contributed by atoms with Crippen LogP contribution in [0.3, 0.4) is 0 Å². The van der Waals surface area contributed by atoms with Crippen LogP contribution in [-0.2, 0) is 5.41 Å². The first-order chi connectivity index (χ1) is 9.97. The molecule has 1 aliphatic rings. The third-order valence-corrected chi connectivity index (χ3v) is 4.82. The molecule has 118 valence electrons. The molecule has 0 amide bonds. The van der Waals surface area contributed by atoms with Crippen LogP contribution in [0, 0.1) is 5.92 Å². The second-order valence-electron chi connectivity index (χ2n) is 7.29. The second-order valence-corrected chi connectivity index (χ2v) is 7.29. The highest BCUT2D eigenvalue weighted by Crippen LogP contribution is 2.31. The lowest BCUT2D eigenvalue weighted by Gasteiger charge is -2.40. The summed E-state index contributed by atoms with van der Waals surface area (Å²) in [5.74, 6) is 1.72. The Morgan fingerprint density at radius 2 is 1.95 bits per heavy atom. The van der Waals surface area contributed by atoms with Gasteiger partial charge in [-0.2, -0.15) is 0 Å². The van der Waals surface area contributed by atoms with E-state index >= 15 is 0 Å². The third-order valence-electron chi connectivity index (χ3n) is 4.82. The van der Waals surface area contributed by atoms with Crippen molar-refractivity contribution in [2.45, 2.75) is 64.8 Å². The van der Waals surface area contributed by atoms with E-state index in [4.69, 9.17) is 10.7 Å². The van der Waals surface area contributed by atoms with E-state index in [0.29, 0.717) is 12.0 Å². The molecule has 0 aliphatic heterocycles. The van der Waals surface area contributed by atoms with Gasteiger partial charge in [-0.05, 0) is 49.3 Å². The molecular formula is C18H31N3. The van der Waals surface area contributed by atoms with Crippen LogP contribution < -0.4 is 10.6 Å². The number of nitrogens with two attached hydrogens (primary N) is 1. The predicted molar refractivity (Wildman–Crippen MR) is 90.8 cm³/mol. The summed E-state index contributed by atoms with van der Waals surface area (Å²) in [7, 11) is 0. The number of nitrogens with zero attached hydrogens (tertiary/aromatic N) is 2. The first-order valence-corrected chi connectivity index (χ1v) is 8.40. The molecule has 21 heavy (non-hydrogen) atoms. The van der Waals surface area contributed by atoms with Gasteiger partial charge in [0.05, 0.1) is 0 Å². The van der Waals surface area contributed by atoms with Gasteiger partial charge in [-0.3, -0.25) is 0 Å². The quantitative estimate of drug-likeness (QED) is 0.918. The highest BCUT2D eigenvalue weighted by atomic mass is 15.2. The summed E-state index contributed by atoms with van der Waals surface area (Å²) >= 11 is 0. The van der Waals surface area contributed by atoms with Crippen molar-refractivity contribution in [2.75, 3.05) is 18.0 Å². The van der Waals surface area contributed by atoms with Gasteiger partial charge in [0.1, 0.15) is 5.82 Å². The smallest absolute Gasteiger partial charge is 0.128 e. The van der Waals surface area contributed by atoms with Crippen molar-refractivity contribution in [1.82, 2.24) is 4.98 Å². The maximum atomic E-state index is 6.00. The molecule has 0 bridgehead atoms. The number of pyridine rings is 1. The van der Waals surface area contributed by atoms with Crippen molar-refractivity contribution in [3.63, 3.8) is 0 Å². The number of hydrogen-bond acceptors (Lipinski definition) is 3. The lowest BCUT2D eigenvalue weighted by atomic mass is 9.83. The van der Waals surface area contributed by atoms with E-state index in [-0.39, 0.29) is 5.41 Å². The maximum Gasteiger partial charge on any atom is 0.128 e. The Morgan fingerprint density at radius 1 is 1.24 bits per heavy atom. The van der Waals surface area contributed by atoms with Gasteiger partial charge in [0, 0.05) is 18.8 Å². The van der Waals surface area contributed by atoms with E-state index < -0.39 is 0 Å². The SMILES string of the molecule is CCN(c1ccc(C(C)(C)C)cn1)C1CCCCC1CN. The van der Waals surface area contributed by atoms with Gasteiger partial charge in [0.25, 0.3) is 0 Å². The fourth-order valence-electron chi connectivity index (χ4n) is 3.44. The molecule has 0 aromatic carbocycles. The molecule has 2 unspecified atom stereocenters.